The Labute approximate surface area is 460 Å². The number of benzene rings is 8. The first-order valence-electron chi connectivity index (χ1n) is 24.1. The second kappa shape index (κ2) is 28.6. The van der Waals surface area contributed by atoms with Gasteiger partial charge in [-0.1, -0.05) is 118 Å². The van der Waals surface area contributed by atoms with Gasteiger partial charge >= 0.3 is 5.54 Å². The smallest absolute Gasteiger partial charge is 0.382 e. The van der Waals surface area contributed by atoms with Gasteiger partial charge in [-0.15, -0.1) is 0 Å². The van der Waals surface area contributed by atoms with E-state index in [9.17, 15) is 0 Å². The van der Waals surface area contributed by atoms with Crippen molar-refractivity contribution >= 4 is 107 Å². The molecule has 0 spiro atoms. The van der Waals surface area contributed by atoms with E-state index in [1.165, 1.54) is 22.1 Å². The molecule has 1 heterocycles. The molecule has 0 unspecified atom stereocenters. The van der Waals surface area contributed by atoms with Gasteiger partial charge in [0, 0.05) is 154 Å². The van der Waals surface area contributed by atoms with Gasteiger partial charge in [-0.05, 0) is 83.1 Å². The number of anilines is 6. The van der Waals surface area contributed by atoms with Gasteiger partial charge in [0.2, 0.25) is 0 Å². The van der Waals surface area contributed by atoms with Crippen molar-refractivity contribution in [2.75, 3.05) is 114 Å². The molecule has 14 heteroatoms. The van der Waals surface area contributed by atoms with Crippen LogP contribution in [-0.4, -0.2) is 102 Å². The molecule has 9 rings (SSSR count). The molecule has 1 aliphatic heterocycles. The number of rotatable bonds is 10. The molecule has 384 valence electrons. The van der Waals surface area contributed by atoms with Crippen LogP contribution in [0.1, 0.15) is 0 Å². The number of nitrogens with zero attached hydrogens (tertiary/aromatic N) is 6. The lowest BCUT2D eigenvalue weighted by Crippen LogP contribution is -2.54. The van der Waals surface area contributed by atoms with Gasteiger partial charge in [-0.2, -0.15) is 22.9 Å². The molecule has 0 aromatic heterocycles. The van der Waals surface area contributed by atoms with Crippen LogP contribution in [0, 0.1) is 0 Å². The van der Waals surface area contributed by atoms with Crippen LogP contribution >= 0.6 is 38.9 Å². The minimum absolute atomic E-state index is 0.183. The van der Waals surface area contributed by atoms with Crippen molar-refractivity contribution in [3.05, 3.63) is 199 Å². The molecule has 0 aliphatic carbocycles. The van der Waals surface area contributed by atoms with Crippen LogP contribution in [-0.2, 0) is 0 Å². The van der Waals surface area contributed by atoms with Crippen molar-refractivity contribution in [2.45, 2.75) is 0 Å². The van der Waals surface area contributed by atoms with E-state index in [-0.39, 0.29) is 6.71 Å². The van der Waals surface area contributed by atoms with E-state index in [1.807, 2.05) is 152 Å². The summed E-state index contributed by atoms with van der Waals surface area (Å²) in [5.74, 6) is 3.89. The lowest BCUT2D eigenvalue weighted by molar-refractivity contribution is 0.475. The van der Waals surface area contributed by atoms with Crippen molar-refractivity contribution in [3.63, 3.8) is 0 Å². The van der Waals surface area contributed by atoms with Crippen molar-refractivity contribution in [2.24, 2.45) is 0 Å². The van der Waals surface area contributed by atoms with E-state index < -0.39 is 5.54 Å². The maximum absolute atomic E-state index is 9.04. The zero-order valence-electron chi connectivity index (χ0n) is 44.7. The van der Waals surface area contributed by atoms with Gasteiger partial charge in [0.15, 0.2) is 0 Å². The molecule has 0 amide bonds. The number of fused-ring (bicyclic) bond motifs is 2. The highest BCUT2D eigenvalue weighted by Crippen LogP contribution is 2.31. The summed E-state index contributed by atoms with van der Waals surface area (Å²) < 4.78 is 13.4. The summed E-state index contributed by atoms with van der Waals surface area (Å²) in [5.41, 5.74) is 11.0. The minimum Gasteiger partial charge on any atom is -0.508 e. The highest BCUT2D eigenvalue weighted by molar-refractivity contribution is 9.10. The fourth-order valence-electron chi connectivity index (χ4n) is 7.46. The highest BCUT2D eigenvalue weighted by Gasteiger charge is 2.32. The lowest BCUT2D eigenvalue weighted by Gasteiger charge is -2.29. The molecule has 0 radical (unpaired) electrons. The van der Waals surface area contributed by atoms with E-state index in [1.54, 1.807) is 12.1 Å². The number of ether oxygens (including phenoxy) is 2. The third-order valence-electron chi connectivity index (χ3n) is 11.6. The number of aromatic hydroxyl groups is 1. The van der Waals surface area contributed by atoms with Crippen molar-refractivity contribution < 1.29 is 14.6 Å². The molecule has 1 N–H and O–H groups in total. The Kier molecular flexibility index (Phi) is 22.4. The molecule has 0 saturated carbocycles. The predicted molar refractivity (Wildman–Crippen MR) is 329 cm³/mol. The summed E-state index contributed by atoms with van der Waals surface area (Å²) in [6, 6.07) is 64.7. The predicted octanol–water partition coefficient (Wildman–Crippen LogP) is 11.9. The average molecular weight is 1090 g/mol. The summed E-state index contributed by atoms with van der Waals surface area (Å²) in [6.07, 6.45) is 0. The third kappa shape index (κ3) is 17.7. The Morgan fingerprint density at radius 2 is 0.797 bits per heavy atom. The van der Waals surface area contributed by atoms with Crippen molar-refractivity contribution in [1.29, 1.82) is 0 Å². The molecule has 9 nitrogen and oxygen atoms in total. The van der Waals surface area contributed by atoms with Gasteiger partial charge in [0.1, 0.15) is 28.7 Å². The summed E-state index contributed by atoms with van der Waals surface area (Å²) >= 11 is 14.5. The quantitative estimate of drug-likeness (QED) is 0.135. The number of hydrogen-bond donors (Lipinski definition) is 1. The second-order valence-electron chi connectivity index (χ2n) is 18.6. The normalized spacial score (nSPS) is 10.5. The van der Waals surface area contributed by atoms with Gasteiger partial charge in [-0.25, -0.2) is 0 Å². The maximum Gasteiger partial charge on any atom is 0.382 e. The Bertz CT molecular complexity index is 2810. The molecular formula is C60H69B2BrCl2N6O3. The van der Waals surface area contributed by atoms with Crippen molar-refractivity contribution in [3.8, 4) is 28.7 Å². The van der Waals surface area contributed by atoms with Crippen LogP contribution in [0.3, 0.4) is 0 Å². The summed E-state index contributed by atoms with van der Waals surface area (Å²) in [7, 11) is 24.2. The van der Waals surface area contributed by atoms with Gasteiger partial charge < -0.3 is 44.0 Å². The number of halogens is 3. The van der Waals surface area contributed by atoms with E-state index >= 15 is 0 Å². The Morgan fingerprint density at radius 3 is 1.16 bits per heavy atom. The van der Waals surface area contributed by atoms with Crippen LogP contribution in [0.15, 0.2) is 199 Å². The molecular weight excluding hydrogens is 1030 g/mol. The molecule has 8 aromatic rings. The zero-order valence-corrected chi connectivity index (χ0v) is 47.8. The number of hydrogen-bond acceptors (Lipinski definition) is 9. The van der Waals surface area contributed by atoms with E-state index in [2.05, 4.69) is 160 Å². The number of phenolic OH excluding ortho intramolecular Hbond substituents is 1. The minimum atomic E-state index is -0.397. The van der Waals surface area contributed by atoms with E-state index in [0.717, 1.165) is 61.4 Å². The molecule has 8 aromatic carbocycles. The first-order chi connectivity index (χ1) is 35.3. The zero-order chi connectivity index (χ0) is 53.9. The van der Waals surface area contributed by atoms with E-state index in [0.29, 0.717) is 5.75 Å². The Balaban J connectivity index is 0.000000184. The van der Waals surface area contributed by atoms with Crippen LogP contribution in [0.5, 0.6) is 28.7 Å². The molecule has 0 fully saturated rings. The Hall–Kier alpha value is -6.85. The van der Waals surface area contributed by atoms with Crippen LogP contribution in [0.4, 0.5) is 34.1 Å². The largest absolute Gasteiger partial charge is 0.508 e. The van der Waals surface area contributed by atoms with Crippen LogP contribution in [0.2, 0.25) is 0 Å². The monoisotopic (exact) mass is 1090 g/mol. The fourth-order valence-corrected chi connectivity index (χ4v) is 8.14. The Morgan fingerprint density at radius 1 is 0.419 bits per heavy atom. The molecule has 0 saturated heterocycles. The summed E-state index contributed by atoms with van der Waals surface area (Å²) in [5, 5.41) is 9.04. The summed E-state index contributed by atoms with van der Waals surface area (Å²) in [6.45, 7) is 0.183. The SMILES string of the molecule is CN(C)c1ccc2c(c1)Oc1cc(N(C)C)ccc1B2c1ccccc1.CN(C)c1cccc(Br)c1.CN(C)c1cccc(O)c1.CN(C)c1cccc(Oc2cccc(N(C)C)c2)c1.ClB(Cl)c1ccccc1. The van der Waals surface area contributed by atoms with Gasteiger partial charge in [-0.3, -0.25) is 0 Å². The molecule has 1 aliphatic rings. The first kappa shape index (κ1) is 58.0. The molecule has 74 heavy (non-hydrogen) atoms. The van der Waals surface area contributed by atoms with Crippen LogP contribution < -0.4 is 60.7 Å². The standard InChI is InChI=1S/C22H23BN2O.C16H20N2O.C8H10BrN.C8H11NO.C6H5BCl2/c1-24(2)17-10-12-19-21(14-17)26-22-15-18(25(3)4)11-13-20(22)23(19)16-8-6-5-7-9-16;1-17(2)13-7-5-9-15(11-13)19-16-10-6-8-14(12-16)18(3)4;1-10(2)8-5-3-4-7(9)6-8;1-9(2)7-4-3-5-8(10)6-7;8-7(9)6-4-2-1-3-5-6/h5-15H,1-4H3;5-12H,1-4H3;3-6H,1-2H3;3-6,10H,1-2H3;1-5H. The van der Waals surface area contributed by atoms with E-state index in [4.69, 9.17) is 37.5 Å². The van der Waals surface area contributed by atoms with Gasteiger partial charge in [0.05, 0.1) is 0 Å². The van der Waals surface area contributed by atoms with Crippen LogP contribution in [0.25, 0.3) is 0 Å². The first-order valence-corrected chi connectivity index (χ1v) is 25.8. The molecule has 0 bridgehead atoms. The second-order valence-corrected chi connectivity index (χ2v) is 20.6. The highest BCUT2D eigenvalue weighted by atomic mass is 79.9. The number of phenols is 1. The molecule has 0 atom stereocenters. The van der Waals surface area contributed by atoms with Crippen molar-refractivity contribution in [1.82, 2.24) is 0 Å². The topological polar surface area (TPSA) is 58.1 Å². The fraction of sp³-hybridized carbons (Fsp3) is 0.200. The van der Waals surface area contributed by atoms with Gasteiger partial charge in [0.25, 0.3) is 6.71 Å². The lowest BCUT2D eigenvalue weighted by atomic mass is 9.36. The third-order valence-corrected chi connectivity index (χ3v) is 12.6. The summed E-state index contributed by atoms with van der Waals surface area (Å²) in [4.78, 5) is 12.3. The average Bonchev–Trinajstić information content (AvgIpc) is 3.39. The maximum atomic E-state index is 9.04.